The summed E-state index contributed by atoms with van der Waals surface area (Å²) in [5, 5.41) is 13.3. The maximum absolute atomic E-state index is 12.5. The van der Waals surface area contributed by atoms with Gasteiger partial charge < -0.3 is 9.84 Å². The number of fused-ring (bicyclic) bond motifs is 1. The molecule has 1 atom stereocenters. The third kappa shape index (κ3) is 2.29. The molecular weight excluding hydrogens is 346 g/mol. The van der Waals surface area contributed by atoms with E-state index in [1.54, 1.807) is 17.7 Å². The summed E-state index contributed by atoms with van der Waals surface area (Å²) in [6.45, 7) is 3.89. The molecule has 0 radical (unpaired) electrons. The summed E-state index contributed by atoms with van der Waals surface area (Å²) in [5.74, 6) is -0.0295. The second-order valence-corrected chi connectivity index (χ2v) is 7.31. The number of aromatic nitrogens is 3. The number of carbonyl (C=O) groups is 1. The molecule has 0 amide bonds. The van der Waals surface area contributed by atoms with E-state index in [0.29, 0.717) is 28.0 Å². The van der Waals surface area contributed by atoms with E-state index >= 15 is 0 Å². The second kappa shape index (κ2) is 5.80. The Kier molecular flexibility index (Phi) is 3.75. The van der Waals surface area contributed by atoms with E-state index in [1.165, 1.54) is 28.2 Å². The summed E-state index contributed by atoms with van der Waals surface area (Å²) in [4.78, 5) is 21.5. The minimum atomic E-state index is -0.470. The molecule has 3 aromatic heterocycles. The lowest BCUT2D eigenvalue weighted by atomic mass is 10.2. The number of allylic oxidation sites excluding steroid dienone is 2. The van der Waals surface area contributed by atoms with Crippen LogP contribution in [-0.4, -0.2) is 32.2 Å². The van der Waals surface area contributed by atoms with Gasteiger partial charge in [0.15, 0.2) is 10.8 Å². The zero-order chi connectivity index (χ0) is 16.8. The number of rotatable bonds is 5. The largest absolute Gasteiger partial charge is 0.461 e. The molecule has 4 rings (SSSR count). The zero-order valence-corrected chi connectivity index (χ0v) is 14.8. The van der Waals surface area contributed by atoms with Gasteiger partial charge in [0.05, 0.1) is 17.9 Å². The van der Waals surface area contributed by atoms with Gasteiger partial charge in [-0.15, -0.1) is 22.7 Å². The minimum Gasteiger partial charge on any atom is -0.461 e. The molecule has 1 unspecified atom stereocenters. The van der Waals surface area contributed by atoms with Crippen molar-refractivity contribution in [3.05, 3.63) is 33.9 Å². The Hall–Kier alpha value is -2.03. The highest BCUT2D eigenvalue weighted by Crippen LogP contribution is 2.43. The van der Waals surface area contributed by atoms with Crippen molar-refractivity contribution in [2.24, 2.45) is 5.92 Å². The molecule has 1 aliphatic carbocycles. The summed E-state index contributed by atoms with van der Waals surface area (Å²) in [5.41, 5.74) is 2.73. The van der Waals surface area contributed by atoms with Crippen LogP contribution >= 0.6 is 22.7 Å². The van der Waals surface area contributed by atoms with Gasteiger partial charge in [0, 0.05) is 23.1 Å². The van der Waals surface area contributed by atoms with Gasteiger partial charge in [0.2, 0.25) is 0 Å². The lowest BCUT2D eigenvalue weighted by Gasteiger charge is -2.07. The number of carbonyl (C=O) groups excluding carboxylic acids is 1. The molecule has 0 bridgehead atoms. The van der Waals surface area contributed by atoms with Gasteiger partial charge in [0.25, 0.3) is 0 Å². The van der Waals surface area contributed by atoms with E-state index in [0.717, 1.165) is 9.71 Å². The van der Waals surface area contributed by atoms with Gasteiger partial charge in [0.1, 0.15) is 10.7 Å². The highest BCUT2D eigenvalue weighted by Gasteiger charge is 2.31. The maximum atomic E-state index is 12.5. The fourth-order valence-corrected chi connectivity index (χ4v) is 4.55. The minimum absolute atomic E-state index is 0.251. The number of aliphatic hydroxyl groups is 1. The smallest absolute Gasteiger partial charge is 0.355 e. The molecule has 24 heavy (non-hydrogen) atoms. The normalized spacial score (nSPS) is 16.5. The van der Waals surface area contributed by atoms with Crippen LogP contribution in [0.1, 0.15) is 34.9 Å². The Labute approximate surface area is 146 Å². The molecule has 3 heterocycles. The average Bonchev–Trinajstić information content (AvgIpc) is 3.00. The van der Waals surface area contributed by atoms with Crippen LogP contribution < -0.4 is 0 Å². The van der Waals surface area contributed by atoms with E-state index in [2.05, 4.69) is 18.0 Å². The van der Waals surface area contributed by atoms with Crippen LogP contribution in [0, 0.1) is 5.92 Å². The molecular formula is C16H15N3O3S2. The lowest BCUT2D eigenvalue weighted by molar-refractivity contribution is 0.0514. The Morgan fingerprint density at radius 3 is 2.88 bits per heavy atom. The molecule has 0 saturated carbocycles. The van der Waals surface area contributed by atoms with Gasteiger partial charge in [-0.3, -0.25) is 4.57 Å². The Morgan fingerprint density at radius 1 is 1.50 bits per heavy atom. The SMILES string of the molecule is CCOC(=O)c1c(CO)c2sc(C3=CC3C)nc2n1-c1nccs1. The number of ether oxygens (including phenoxy) is 1. The van der Waals surface area contributed by atoms with Crippen molar-refractivity contribution in [3.63, 3.8) is 0 Å². The van der Waals surface area contributed by atoms with Crippen LogP contribution in [0.4, 0.5) is 0 Å². The van der Waals surface area contributed by atoms with Crippen LogP contribution in [0.15, 0.2) is 17.7 Å². The summed E-state index contributed by atoms with van der Waals surface area (Å²) < 4.78 is 7.70. The molecule has 0 spiro atoms. The van der Waals surface area contributed by atoms with E-state index in [1.807, 2.05) is 5.38 Å². The third-order valence-electron chi connectivity index (χ3n) is 3.90. The lowest BCUT2D eigenvalue weighted by Crippen LogP contribution is -2.13. The predicted octanol–water partition coefficient (Wildman–Crippen LogP) is 3.25. The maximum Gasteiger partial charge on any atom is 0.355 e. The number of thiazole rings is 2. The summed E-state index contributed by atoms with van der Waals surface area (Å²) >= 11 is 2.91. The van der Waals surface area contributed by atoms with Crippen LogP contribution in [-0.2, 0) is 11.3 Å². The van der Waals surface area contributed by atoms with Crippen LogP contribution in [0.2, 0.25) is 0 Å². The predicted molar refractivity (Wildman–Crippen MR) is 93.6 cm³/mol. The number of hydrogen-bond acceptors (Lipinski definition) is 7. The quantitative estimate of drug-likeness (QED) is 0.706. The van der Waals surface area contributed by atoms with E-state index < -0.39 is 5.97 Å². The average molecular weight is 361 g/mol. The van der Waals surface area contributed by atoms with Crippen molar-refractivity contribution < 1.29 is 14.6 Å². The van der Waals surface area contributed by atoms with Crippen molar-refractivity contribution in [3.8, 4) is 5.13 Å². The van der Waals surface area contributed by atoms with Crippen LogP contribution in [0.3, 0.4) is 0 Å². The Balaban J connectivity index is 1.98. The van der Waals surface area contributed by atoms with Crippen molar-refractivity contribution in [2.75, 3.05) is 6.61 Å². The van der Waals surface area contributed by atoms with Crippen molar-refractivity contribution in [1.82, 2.24) is 14.5 Å². The number of aliphatic hydroxyl groups excluding tert-OH is 1. The van der Waals surface area contributed by atoms with Crippen LogP contribution in [0.25, 0.3) is 21.1 Å². The monoisotopic (exact) mass is 361 g/mol. The summed E-state index contributed by atoms with van der Waals surface area (Å²) in [6.07, 6.45) is 3.83. The Morgan fingerprint density at radius 2 is 2.29 bits per heavy atom. The standard InChI is InChI=1S/C16H15N3O3S2/c1-3-22-15(21)11-10(7-20)12-13(19(11)16-17-4-5-23-16)18-14(24-12)9-6-8(9)2/h4-6,8,20H,3,7H2,1-2H3. The van der Waals surface area contributed by atoms with Crippen molar-refractivity contribution >= 4 is 44.6 Å². The van der Waals surface area contributed by atoms with Crippen LogP contribution in [0.5, 0.6) is 0 Å². The molecule has 0 aliphatic heterocycles. The fourth-order valence-electron chi connectivity index (χ4n) is 2.69. The number of hydrogen-bond donors (Lipinski definition) is 1. The van der Waals surface area contributed by atoms with Gasteiger partial charge in [-0.1, -0.05) is 13.0 Å². The molecule has 1 aliphatic rings. The fraction of sp³-hybridized carbons (Fsp3) is 0.312. The third-order valence-corrected chi connectivity index (χ3v) is 5.81. The first-order valence-electron chi connectivity index (χ1n) is 7.59. The van der Waals surface area contributed by atoms with E-state index in [4.69, 9.17) is 9.72 Å². The van der Waals surface area contributed by atoms with Crippen molar-refractivity contribution in [2.45, 2.75) is 20.5 Å². The molecule has 8 heteroatoms. The number of esters is 1. The van der Waals surface area contributed by atoms with E-state index in [9.17, 15) is 9.90 Å². The Bertz CT molecular complexity index is 953. The summed E-state index contributed by atoms with van der Waals surface area (Å²) in [6, 6.07) is 0. The molecule has 0 saturated heterocycles. The highest BCUT2D eigenvalue weighted by atomic mass is 32.1. The first-order chi connectivity index (χ1) is 11.7. The molecule has 0 aromatic carbocycles. The van der Waals surface area contributed by atoms with Gasteiger partial charge >= 0.3 is 5.97 Å². The first-order valence-corrected chi connectivity index (χ1v) is 9.29. The highest BCUT2D eigenvalue weighted by molar-refractivity contribution is 7.20. The molecule has 124 valence electrons. The van der Waals surface area contributed by atoms with Gasteiger partial charge in [-0.25, -0.2) is 14.8 Å². The van der Waals surface area contributed by atoms with Gasteiger partial charge in [-0.05, 0) is 12.5 Å². The molecule has 0 fully saturated rings. The van der Waals surface area contributed by atoms with Crippen molar-refractivity contribution in [1.29, 1.82) is 0 Å². The summed E-state index contributed by atoms with van der Waals surface area (Å²) in [7, 11) is 0. The second-order valence-electron chi connectivity index (χ2n) is 5.44. The van der Waals surface area contributed by atoms with Gasteiger partial charge in [-0.2, -0.15) is 0 Å². The van der Waals surface area contributed by atoms with E-state index in [-0.39, 0.29) is 13.2 Å². The zero-order valence-electron chi connectivity index (χ0n) is 13.1. The molecule has 1 N–H and O–H groups in total. The first kappa shape index (κ1) is 15.5. The molecule has 6 nitrogen and oxygen atoms in total. The molecule has 3 aromatic rings. The topological polar surface area (TPSA) is 77.2 Å². The number of nitrogens with zero attached hydrogens (tertiary/aromatic N) is 3.